The van der Waals surface area contributed by atoms with E-state index in [1.807, 2.05) is 0 Å². The van der Waals surface area contributed by atoms with E-state index in [1.165, 1.54) is 7.11 Å². The number of carbonyl (C=O) groups is 1. The predicted molar refractivity (Wildman–Crippen MR) is 63.6 cm³/mol. The van der Waals surface area contributed by atoms with E-state index in [2.05, 4.69) is 15.0 Å². The highest BCUT2D eigenvalue weighted by Gasteiger charge is 2.27. The number of methoxy groups -OCH3 is 1. The van der Waals surface area contributed by atoms with Crippen LogP contribution in [0.15, 0.2) is 0 Å². The fraction of sp³-hybridized carbons (Fsp3) is 0.727. The molecule has 0 aliphatic carbocycles. The molecule has 0 saturated carbocycles. The molecule has 1 aromatic heterocycles. The molecule has 0 bridgehead atoms. The number of aromatic nitrogens is 3. The van der Waals surface area contributed by atoms with Crippen molar-refractivity contribution >= 4 is 5.97 Å². The number of alkyl halides is 2. The predicted octanol–water partition coefficient (Wildman–Crippen LogP) is 1.06. The van der Waals surface area contributed by atoms with Gasteiger partial charge in [-0.05, 0) is 6.92 Å². The third-order valence-electron chi connectivity index (χ3n) is 2.33. The molecule has 0 radical (unpaired) electrons. The first kappa shape index (κ1) is 16.4. The molecule has 1 rings (SSSR count). The number of hydrogen-bond acceptors (Lipinski definition) is 6. The first-order valence-electron chi connectivity index (χ1n) is 6.07. The van der Waals surface area contributed by atoms with Crippen molar-refractivity contribution in [2.75, 3.05) is 33.5 Å². The average molecular weight is 293 g/mol. The smallest absolute Gasteiger partial charge is 0.361 e. The molecule has 0 fully saturated rings. The monoisotopic (exact) mass is 293 g/mol. The Balaban J connectivity index is 2.69. The highest BCUT2D eigenvalue weighted by molar-refractivity contribution is 5.88. The number of ether oxygens (including phenoxy) is 3. The number of nitrogens with zero attached hydrogens (tertiary/aromatic N) is 3. The Hall–Kier alpha value is -1.61. The van der Waals surface area contributed by atoms with E-state index in [9.17, 15) is 13.6 Å². The van der Waals surface area contributed by atoms with Gasteiger partial charge in [-0.3, -0.25) is 0 Å². The van der Waals surface area contributed by atoms with Crippen LogP contribution in [-0.2, 0) is 20.8 Å². The fourth-order valence-corrected chi connectivity index (χ4v) is 1.44. The Morgan fingerprint density at radius 3 is 2.70 bits per heavy atom. The van der Waals surface area contributed by atoms with Gasteiger partial charge < -0.3 is 14.2 Å². The summed E-state index contributed by atoms with van der Waals surface area (Å²) in [5.74, 6) is -0.908. The van der Waals surface area contributed by atoms with Crippen LogP contribution in [0.3, 0.4) is 0 Å². The van der Waals surface area contributed by atoms with Crippen molar-refractivity contribution in [1.82, 2.24) is 15.0 Å². The summed E-state index contributed by atoms with van der Waals surface area (Å²) in [5.41, 5.74) is -1.02. The molecule has 1 heterocycles. The highest BCUT2D eigenvalue weighted by Crippen LogP contribution is 2.21. The molecule has 7 nitrogen and oxygen atoms in total. The highest BCUT2D eigenvalue weighted by atomic mass is 19.3. The Labute approximate surface area is 114 Å². The number of rotatable bonds is 9. The van der Waals surface area contributed by atoms with Gasteiger partial charge in [0.25, 0.3) is 6.43 Å². The lowest BCUT2D eigenvalue weighted by atomic mass is 10.3. The van der Waals surface area contributed by atoms with Gasteiger partial charge in [0, 0.05) is 7.11 Å². The molecule has 0 unspecified atom stereocenters. The first-order chi connectivity index (χ1) is 9.61. The van der Waals surface area contributed by atoms with Crippen molar-refractivity contribution in [2.45, 2.75) is 19.9 Å². The van der Waals surface area contributed by atoms with Crippen molar-refractivity contribution in [3.63, 3.8) is 0 Å². The summed E-state index contributed by atoms with van der Waals surface area (Å²) in [6.45, 7) is 2.64. The summed E-state index contributed by atoms with van der Waals surface area (Å²) in [6, 6.07) is 0. The second-order valence-electron chi connectivity index (χ2n) is 3.67. The number of hydrogen-bond donors (Lipinski definition) is 0. The standard InChI is InChI=1S/C11H17F2N3O4/c1-3-20-11(17)8-9(10(12)13)16(15-14-8)4-5-19-7-6-18-2/h10H,3-7H2,1-2H3. The minimum Gasteiger partial charge on any atom is -0.461 e. The van der Waals surface area contributed by atoms with Crippen molar-refractivity contribution in [3.8, 4) is 0 Å². The number of halogens is 2. The molecule has 0 amide bonds. The van der Waals surface area contributed by atoms with Gasteiger partial charge in [-0.25, -0.2) is 18.3 Å². The zero-order chi connectivity index (χ0) is 15.0. The van der Waals surface area contributed by atoms with Crippen molar-refractivity contribution in [1.29, 1.82) is 0 Å². The molecule has 0 N–H and O–H groups in total. The van der Waals surface area contributed by atoms with Gasteiger partial charge in [0.05, 0.1) is 33.0 Å². The van der Waals surface area contributed by atoms with Gasteiger partial charge in [0.2, 0.25) is 0 Å². The lowest BCUT2D eigenvalue weighted by Gasteiger charge is -2.07. The number of carbonyl (C=O) groups excluding carboxylic acids is 1. The van der Waals surface area contributed by atoms with Gasteiger partial charge in [-0.15, -0.1) is 5.10 Å². The minimum atomic E-state index is -2.87. The van der Waals surface area contributed by atoms with Crippen molar-refractivity contribution < 1.29 is 27.8 Å². The van der Waals surface area contributed by atoms with Crippen molar-refractivity contribution in [3.05, 3.63) is 11.4 Å². The van der Waals surface area contributed by atoms with Gasteiger partial charge >= 0.3 is 5.97 Å². The van der Waals surface area contributed by atoms with Crippen molar-refractivity contribution in [2.24, 2.45) is 0 Å². The lowest BCUT2D eigenvalue weighted by Crippen LogP contribution is -2.15. The summed E-state index contributed by atoms with van der Waals surface area (Å²) in [7, 11) is 1.53. The van der Waals surface area contributed by atoms with E-state index in [0.717, 1.165) is 4.68 Å². The van der Waals surface area contributed by atoms with Crippen LogP contribution in [0.1, 0.15) is 29.5 Å². The molecular formula is C11H17F2N3O4. The van der Waals surface area contributed by atoms with Gasteiger partial charge in [0.15, 0.2) is 5.69 Å². The van der Waals surface area contributed by atoms with Gasteiger partial charge in [-0.2, -0.15) is 0 Å². The molecule has 114 valence electrons. The molecular weight excluding hydrogens is 276 g/mol. The van der Waals surface area contributed by atoms with E-state index in [4.69, 9.17) is 9.47 Å². The van der Waals surface area contributed by atoms with Crippen LogP contribution in [0.25, 0.3) is 0 Å². The minimum absolute atomic E-state index is 0.0653. The fourth-order valence-electron chi connectivity index (χ4n) is 1.44. The maximum absolute atomic E-state index is 13.0. The van der Waals surface area contributed by atoms with E-state index in [0.29, 0.717) is 13.2 Å². The molecule has 0 aliphatic heterocycles. The lowest BCUT2D eigenvalue weighted by molar-refractivity contribution is 0.0503. The van der Waals surface area contributed by atoms with Crippen LogP contribution < -0.4 is 0 Å². The number of esters is 1. The Kier molecular flexibility index (Phi) is 7.02. The molecule has 0 aromatic carbocycles. The molecule has 0 saturated heterocycles. The third-order valence-corrected chi connectivity index (χ3v) is 2.33. The normalized spacial score (nSPS) is 11.1. The second-order valence-corrected chi connectivity index (χ2v) is 3.67. The second kappa shape index (κ2) is 8.54. The Morgan fingerprint density at radius 1 is 1.35 bits per heavy atom. The van der Waals surface area contributed by atoms with E-state index in [-0.39, 0.29) is 19.8 Å². The average Bonchev–Trinajstić information content (AvgIpc) is 2.83. The SMILES string of the molecule is CCOC(=O)c1nnn(CCOCCOC)c1C(F)F. The zero-order valence-electron chi connectivity index (χ0n) is 11.3. The summed E-state index contributed by atoms with van der Waals surface area (Å²) < 4.78 is 41.5. The molecule has 0 aliphatic rings. The summed E-state index contributed by atoms with van der Waals surface area (Å²) >= 11 is 0. The largest absolute Gasteiger partial charge is 0.461 e. The maximum atomic E-state index is 13.0. The molecule has 20 heavy (non-hydrogen) atoms. The summed E-state index contributed by atoms with van der Waals surface area (Å²) in [6.07, 6.45) is -2.87. The van der Waals surface area contributed by atoms with E-state index in [1.54, 1.807) is 6.92 Å². The van der Waals surface area contributed by atoms with Gasteiger partial charge in [-0.1, -0.05) is 5.21 Å². The summed E-state index contributed by atoms with van der Waals surface area (Å²) in [4.78, 5) is 11.5. The zero-order valence-corrected chi connectivity index (χ0v) is 11.3. The first-order valence-corrected chi connectivity index (χ1v) is 6.07. The van der Waals surface area contributed by atoms with Crippen LogP contribution in [0.2, 0.25) is 0 Å². The molecule has 9 heteroatoms. The quantitative estimate of drug-likeness (QED) is 0.500. The Morgan fingerprint density at radius 2 is 2.10 bits per heavy atom. The van der Waals surface area contributed by atoms with Crippen LogP contribution in [0, 0.1) is 0 Å². The molecule has 0 atom stereocenters. The van der Waals surface area contributed by atoms with Gasteiger partial charge in [0.1, 0.15) is 5.69 Å². The topological polar surface area (TPSA) is 75.5 Å². The van der Waals surface area contributed by atoms with E-state index < -0.39 is 23.8 Å². The van der Waals surface area contributed by atoms with E-state index >= 15 is 0 Å². The van der Waals surface area contributed by atoms with Crippen LogP contribution in [0.5, 0.6) is 0 Å². The maximum Gasteiger partial charge on any atom is 0.361 e. The molecule has 1 aromatic rings. The third kappa shape index (κ3) is 4.49. The van der Waals surface area contributed by atoms with Crippen LogP contribution >= 0.6 is 0 Å². The molecule has 0 spiro atoms. The van der Waals surface area contributed by atoms with Crippen LogP contribution in [0.4, 0.5) is 8.78 Å². The Bertz CT molecular complexity index is 426. The summed E-state index contributed by atoms with van der Waals surface area (Å²) in [5, 5.41) is 6.98. The van der Waals surface area contributed by atoms with Crippen LogP contribution in [-0.4, -0.2) is 54.5 Å².